The van der Waals surface area contributed by atoms with Crippen LogP contribution >= 0.6 is 11.6 Å². The molecule has 0 aliphatic heterocycles. The number of nitrogens with one attached hydrogen (secondary N) is 1. The zero-order chi connectivity index (χ0) is 18.8. The van der Waals surface area contributed by atoms with E-state index in [1.165, 1.54) is 0 Å². The number of rotatable bonds is 9. The Morgan fingerprint density at radius 3 is 2.35 bits per heavy atom. The fraction of sp³-hybridized carbons (Fsp3) is 0.211. The number of carbonyl (C=O) groups is 3. The summed E-state index contributed by atoms with van der Waals surface area (Å²) < 4.78 is 10.1. The molecule has 1 amide bonds. The molecular formula is C19H18ClNO5. The highest BCUT2D eigenvalue weighted by molar-refractivity contribution is 6.30. The van der Waals surface area contributed by atoms with Crippen LogP contribution in [0.5, 0.6) is 5.75 Å². The number of amides is 1. The molecule has 0 bridgehead atoms. The molecule has 1 N–H and O–H groups in total. The van der Waals surface area contributed by atoms with Crippen LogP contribution in [0.25, 0.3) is 0 Å². The second-order valence-electron chi connectivity index (χ2n) is 5.36. The molecule has 0 saturated carbocycles. The average Bonchev–Trinajstić information content (AvgIpc) is 2.66. The van der Waals surface area contributed by atoms with Crippen molar-refractivity contribution in [2.45, 2.75) is 6.42 Å². The molecule has 6 nitrogen and oxygen atoms in total. The maximum atomic E-state index is 11.7. The topological polar surface area (TPSA) is 81.7 Å². The summed E-state index contributed by atoms with van der Waals surface area (Å²) in [6.07, 6.45) is 1.36. The molecule has 0 saturated heterocycles. The highest BCUT2D eigenvalue weighted by Crippen LogP contribution is 2.11. The summed E-state index contributed by atoms with van der Waals surface area (Å²) in [6, 6.07) is 13.6. The van der Waals surface area contributed by atoms with Crippen LogP contribution < -0.4 is 10.1 Å². The Kier molecular flexibility index (Phi) is 7.64. The Bertz CT molecular complexity index is 744. The number of hydrogen-bond acceptors (Lipinski definition) is 5. The number of hydrogen-bond donors (Lipinski definition) is 1. The van der Waals surface area contributed by atoms with Crippen molar-refractivity contribution in [1.82, 2.24) is 5.32 Å². The summed E-state index contributed by atoms with van der Waals surface area (Å²) in [5, 5.41) is 3.32. The van der Waals surface area contributed by atoms with Crippen LogP contribution in [0.2, 0.25) is 5.02 Å². The predicted octanol–water partition coefficient (Wildman–Crippen LogP) is 2.43. The van der Waals surface area contributed by atoms with Crippen LogP contribution in [0.15, 0.2) is 48.5 Å². The van der Waals surface area contributed by atoms with E-state index in [1.54, 1.807) is 36.4 Å². The minimum Gasteiger partial charge on any atom is -0.482 e. The number of ether oxygens (including phenoxy) is 2. The van der Waals surface area contributed by atoms with Gasteiger partial charge in [0.25, 0.3) is 5.91 Å². The molecule has 0 spiro atoms. The predicted molar refractivity (Wildman–Crippen MR) is 96.4 cm³/mol. The molecule has 2 aromatic carbocycles. The van der Waals surface area contributed by atoms with E-state index >= 15 is 0 Å². The molecule has 0 heterocycles. The van der Waals surface area contributed by atoms with E-state index in [2.05, 4.69) is 5.32 Å². The first kappa shape index (κ1) is 19.5. The Morgan fingerprint density at radius 1 is 1.00 bits per heavy atom. The van der Waals surface area contributed by atoms with Gasteiger partial charge in [-0.05, 0) is 48.4 Å². The zero-order valence-corrected chi connectivity index (χ0v) is 14.7. The van der Waals surface area contributed by atoms with Crippen molar-refractivity contribution in [2.24, 2.45) is 0 Å². The Balaban J connectivity index is 1.60. The van der Waals surface area contributed by atoms with Gasteiger partial charge in [-0.3, -0.25) is 9.59 Å². The lowest BCUT2D eigenvalue weighted by atomic mass is 10.1. The first-order chi connectivity index (χ1) is 12.6. The van der Waals surface area contributed by atoms with Crippen LogP contribution in [0.3, 0.4) is 0 Å². The fourth-order valence-electron chi connectivity index (χ4n) is 2.02. The Hall–Kier alpha value is -2.86. The highest BCUT2D eigenvalue weighted by atomic mass is 35.5. The summed E-state index contributed by atoms with van der Waals surface area (Å²) in [5.41, 5.74) is 1.55. The maximum absolute atomic E-state index is 11.7. The van der Waals surface area contributed by atoms with Gasteiger partial charge in [0.2, 0.25) is 0 Å². The zero-order valence-electron chi connectivity index (χ0n) is 13.9. The van der Waals surface area contributed by atoms with Crippen LogP contribution in [-0.4, -0.2) is 37.9 Å². The van der Waals surface area contributed by atoms with Gasteiger partial charge in [0.15, 0.2) is 13.2 Å². The third-order valence-electron chi connectivity index (χ3n) is 3.39. The van der Waals surface area contributed by atoms with Gasteiger partial charge in [-0.2, -0.15) is 0 Å². The van der Waals surface area contributed by atoms with Crippen molar-refractivity contribution in [2.75, 3.05) is 19.8 Å². The number of carbonyl (C=O) groups excluding carboxylic acids is 3. The quantitative estimate of drug-likeness (QED) is 0.537. The lowest BCUT2D eigenvalue weighted by molar-refractivity contribution is -0.150. The second kappa shape index (κ2) is 10.2. The number of esters is 1. The molecule has 26 heavy (non-hydrogen) atoms. The van der Waals surface area contributed by atoms with E-state index < -0.39 is 5.97 Å². The highest BCUT2D eigenvalue weighted by Gasteiger charge is 2.08. The van der Waals surface area contributed by atoms with Gasteiger partial charge in [0, 0.05) is 17.1 Å². The second-order valence-corrected chi connectivity index (χ2v) is 5.80. The Labute approximate surface area is 156 Å². The van der Waals surface area contributed by atoms with E-state index in [-0.39, 0.29) is 19.1 Å². The number of aldehydes is 1. The standard InChI is InChI=1S/C19H18ClNO5/c20-16-5-1-14(2-6-16)9-10-21-18(23)12-26-19(24)13-25-17-7-3-15(11-22)4-8-17/h1-8,11H,9-10,12-13H2,(H,21,23). The van der Waals surface area contributed by atoms with Gasteiger partial charge >= 0.3 is 5.97 Å². The third-order valence-corrected chi connectivity index (χ3v) is 3.64. The SMILES string of the molecule is O=Cc1ccc(OCC(=O)OCC(=O)NCCc2ccc(Cl)cc2)cc1. The van der Waals surface area contributed by atoms with Crippen molar-refractivity contribution in [3.8, 4) is 5.75 Å². The van der Waals surface area contributed by atoms with Crippen molar-refractivity contribution in [3.05, 3.63) is 64.7 Å². The van der Waals surface area contributed by atoms with Crippen LogP contribution in [0, 0.1) is 0 Å². The Morgan fingerprint density at radius 2 is 1.69 bits per heavy atom. The molecule has 0 aliphatic rings. The number of halogens is 1. The van der Waals surface area contributed by atoms with E-state index in [0.717, 1.165) is 5.56 Å². The summed E-state index contributed by atoms with van der Waals surface area (Å²) in [5.74, 6) is -0.611. The van der Waals surface area contributed by atoms with Crippen molar-refractivity contribution in [3.63, 3.8) is 0 Å². The van der Waals surface area contributed by atoms with Crippen molar-refractivity contribution < 1.29 is 23.9 Å². The van der Waals surface area contributed by atoms with E-state index in [4.69, 9.17) is 21.1 Å². The summed E-state index contributed by atoms with van der Waals surface area (Å²) in [7, 11) is 0. The first-order valence-corrected chi connectivity index (χ1v) is 8.29. The monoisotopic (exact) mass is 375 g/mol. The molecule has 0 fully saturated rings. The minimum atomic E-state index is -0.655. The molecule has 0 radical (unpaired) electrons. The van der Waals surface area contributed by atoms with Gasteiger partial charge in [-0.1, -0.05) is 23.7 Å². The summed E-state index contributed by atoms with van der Waals surface area (Å²) in [4.78, 5) is 33.8. The third kappa shape index (κ3) is 6.94. The smallest absolute Gasteiger partial charge is 0.344 e. The lowest BCUT2D eigenvalue weighted by Gasteiger charge is -2.08. The van der Waals surface area contributed by atoms with Gasteiger partial charge in [0.05, 0.1) is 0 Å². The van der Waals surface area contributed by atoms with Gasteiger partial charge in [-0.15, -0.1) is 0 Å². The normalized spacial score (nSPS) is 10.0. The van der Waals surface area contributed by atoms with Gasteiger partial charge in [0.1, 0.15) is 12.0 Å². The van der Waals surface area contributed by atoms with Gasteiger partial charge in [-0.25, -0.2) is 4.79 Å². The van der Waals surface area contributed by atoms with Crippen LogP contribution in [0.4, 0.5) is 0 Å². The van der Waals surface area contributed by atoms with Crippen molar-refractivity contribution in [1.29, 1.82) is 0 Å². The minimum absolute atomic E-state index is 0.321. The van der Waals surface area contributed by atoms with Crippen LogP contribution in [-0.2, 0) is 20.7 Å². The van der Waals surface area contributed by atoms with E-state index in [9.17, 15) is 14.4 Å². The molecule has 0 atom stereocenters. The van der Waals surface area contributed by atoms with E-state index in [0.29, 0.717) is 35.6 Å². The molecular weight excluding hydrogens is 358 g/mol. The molecule has 136 valence electrons. The van der Waals surface area contributed by atoms with Gasteiger partial charge < -0.3 is 14.8 Å². The fourth-order valence-corrected chi connectivity index (χ4v) is 2.15. The van der Waals surface area contributed by atoms with Crippen molar-refractivity contribution >= 4 is 29.8 Å². The molecule has 0 unspecified atom stereocenters. The van der Waals surface area contributed by atoms with Crippen LogP contribution in [0.1, 0.15) is 15.9 Å². The molecule has 7 heteroatoms. The molecule has 0 aromatic heterocycles. The summed E-state index contributed by atoms with van der Waals surface area (Å²) in [6.45, 7) is -0.261. The number of benzene rings is 2. The average molecular weight is 376 g/mol. The molecule has 2 aromatic rings. The maximum Gasteiger partial charge on any atom is 0.344 e. The molecule has 2 rings (SSSR count). The lowest BCUT2D eigenvalue weighted by Crippen LogP contribution is -2.31. The summed E-state index contributed by atoms with van der Waals surface area (Å²) >= 11 is 5.80. The molecule has 0 aliphatic carbocycles. The largest absolute Gasteiger partial charge is 0.482 e. The van der Waals surface area contributed by atoms with E-state index in [1.807, 2.05) is 12.1 Å². The first-order valence-electron chi connectivity index (χ1n) is 7.91.